The van der Waals surface area contributed by atoms with Gasteiger partial charge in [0.25, 0.3) is 0 Å². The topological polar surface area (TPSA) is 47.8 Å². The van der Waals surface area contributed by atoms with Crippen molar-refractivity contribution in [3.63, 3.8) is 0 Å². The van der Waals surface area contributed by atoms with Crippen LogP contribution in [0.5, 0.6) is 0 Å². The minimum absolute atomic E-state index is 0.00867. The minimum Gasteiger partial charge on any atom is -0.294 e. The molecule has 3 rings (SSSR count). The highest BCUT2D eigenvalue weighted by molar-refractivity contribution is 5.68. The van der Waals surface area contributed by atoms with Crippen molar-refractivity contribution >= 4 is 6.29 Å². The number of nitrogens with zero attached hydrogens (tertiary/aromatic N) is 3. The summed E-state index contributed by atoms with van der Waals surface area (Å²) in [4.78, 5) is 14.4. The summed E-state index contributed by atoms with van der Waals surface area (Å²) in [6.07, 6.45) is 4.81. The summed E-state index contributed by atoms with van der Waals surface area (Å²) in [5, 5.41) is 3.97. The number of carbonyl (C=O) groups is 1. The molecular weight excluding hydrogens is 319 g/mol. The molecule has 2 heterocycles. The van der Waals surface area contributed by atoms with E-state index in [-0.39, 0.29) is 37.0 Å². The first-order chi connectivity index (χ1) is 11.4. The molecule has 2 unspecified atom stereocenters. The number of hydrogen-bond acceptors (Lipinski definition) is 3. The molecule has 24 heavy (non-hydrogen) atoms. The van der Waals surface area contributed by atoms with Crippen LogP contribution in [0.4, 0.5) is 13.2 Å². The number of allylic oxidation sites excluding steroid dienone is 4. The fourth-order valence-electron chi connectivity index (χ4n) is 2.07. The highest BCUT2D eigenvalue weighted by atomic mass is 19.3. The maximum atomic E-state index is 13.7. The normalized spacial score (nSPS) is 23.0. The van der Waals surface area contributed by atoms with Gasteiger partial charge in [0.05, 0.1) is 6.04 Å². The van der Waals surface area contributed by atoms with Crippen LogP contribution in [0.25, 0.3) is 0 Å². The third-order valence-electron chi connectivity index (χ3n) is 3.34. The standard InChI is InChI=1S/C12H12FN3O.C3H4F2.C2H6/c1-3-5-8(4-2)10-6-9(13)12-14-11(7-17)15-16(10)12;4-3(5)1-2-3;1-2/h3-5,7,9-10H,1-2,6H2;1-2H2;1-2H3/b8-5+;;. The lowest BCUT2D eigenvalue weighted by Gasteiger charge is -2.11. The van der Waals surface area contributed by atoms with Gasteiger partial charge in [-0.1, -0.05) is 45.2 Å². The Kier molecular flexibility index (Phi) is 7.13. The zero-order chi connectivity index (χ0) is 18.3. The third-order valence-corrected chi connectivity index (χ3v) is 3.34. The van der Waals surface area contributed by atoms with Crippen LogP contribution in [-0.4, -0.2) is 27.0 Å². The molecule has 1 fully saturated rings. The Balaban J connectivity index is 0.000000346. The Morgan fingerprint density at radius 1 is 1.33 bits per heavy atom. The smallest absolute Gasteiger partial charge is 0.248 e. The number of halogens is 3. The van der Waals surface area contributed by atoms with Crippen LogP contribution in [0.15, 0.2) is 37.0 Å². The summed E-state index contributed by atoms with van der Waals surface area (Å²) in [7, 11) is 0. The molecule has 1 aliphatic heterocycles. The molecule has 1 aliphatic carbocycles. The summed E-state index contributed by atoms with van der Waals surface area (Å²) in [5.41, 5.74) is 0.809. The van der Waals surface area contributed by atoms with Crippen LogP contribution < -0.4 is 0 Å². The van der Waals surface area contributed by atoms with Crippen molar-refractivity contribution in [3.05, 3.63) is 48.6 Å². The second-order valence-electron chi connectivity index (χ2n) is 5.07. The van der Waals surface area contributed by atoms with E-state index in [4.69, 9.17) is 0 Å². The molecule has 2 aliphatic rings. The van der Waals surface area contributed by atoms with Gasteiger partial charge >= 0.3 is 0 Å². The first-order valence-corrected chi connectivity index (χ1v) is 7.80. The molecule has 7 heteroatoms. The Hall–Kier alpha value is -2.18. The molecule has 4 nitrogen and oxygen atoms in total. The zero-order valence-corrected chi connectivity index (χ0v) is 13.9. The average Bonchev–Trinajstić information content (AvgIpc) is 3.01. The Bertz CT molecular complexity index is 617. The fourth-order valence-corrected chi connectivity index (χ4v) is 2.07. The van der Waals surface area contributed by atoms with Crippen molar-refractivity contribution in [1.82, 2.24) is 14.8 Å². The van der Waals surface area contributed by atoms with Gasteiger partial charge in [-0.25, -0.2) is 22.8 Å². The monoisotopic (exact) mass is 341 g/mol. The predicted octanol–water partition coefficient (Wildman–Crippen LogP) is 4.79. The van der Waals surface area contributed by atoms with Crippen molar-refractivity contribution in [2.24, 2.45) is 0 Å². The Morgan fingerprint density at radius 3 is 2.33 bits per heavy atom. The highest BCUT2D eigenvalue weighted by Crippen LogP contribution is 2.40. The van der Waals surface area contributed by atoms with Gasteiger partial charge in [-0.05, 0) is 5.57 Å². The van der Waals surface area contributed by atoms with Crippen molar-refractivity contribution in [2.45, 2.75) is 51.2 Å². The van der Waals surface area contributed by atoms with E-state index >= 15 is 0 Å². The predicted molar refractivity (Wildman–Crippen MR) is 86.9 cm³/mol. The molecule has 132 valence electrons. The number of hydrogen-bond donors (Lipinski definition) is 0. The maximum Gasteiger partial charge on any atom is 0.248 e. The van der Waals surface area contributed by atoms with Crippen LogP contribution in [0.2, 0.25) is 0 Å². The molecule has 0 N–H and O–H groups in total. The Morgan fingerprint density at radius 2 is 1.92 bits per heavy atom. The molecule has 0 radical (unpaired) electrons. The van der Waals surface area contributed by atoms with E-state index in [2.05, 4.69) is 23.2 Å². The first-order valence-electron chi connectivity index (χ1n) is 7.80. The summed E-state index contributed by atoms with van der Waals surface area (Å²) in [6, 6.07) is -0.267. The van der Waals surface area contributed by atoms with Gasteiger partial charge in [-0.2, -0.15) is 0 Å². The van der Waals surface area contributed by atoms with Crippen LogP contribution >= 0.6 is 0 Å². The highest BCUT2D eigenvalue weighted by Gasteiger charge is 2.43. The van der Waals surface area contributed by atoms with Crippen molar-refractivity contribution in [3.8, 4) is 0 Å². The lowest BCUT2D eigenvalue weighted by Crippen LogP contribution is -2.08. The van der Waals surface area contributed by atoms with Crippen molar-refractivity contribution in [1.29, 1.82) is 0 Å². The molecule has 1 saturated carbocycles. The van der Waals surface area contributed by atoms with E-state index in [1.54, 1.807) is 18.2 Å². The van der Waals surface area contributed by atoms with E-state index in [9.17, 15) is 18.0 Å². The van der Waals surface area contributed by atoms with Crippen LogP contribution in [0.1, 0.15) is 61.8 Å². The molecule has 0 amide bonds. The third kappa shape index (κ3) is 4.91. The molecule has 0 saturated heterocycles. The van der Waals surface area contributed by atoms with Crippen LogP contribution in [-0.2, 0) is 0 Å². The van der Waals surface area contributed by atoms with Gasteiger partial charge in [0.2, 0.25) is 11.7 Å². The van der Waals surface area contributed by atoms with Crippen molar-refractivity contribution in [2.75, 3.05) is 0 Å². The van der Waals surface area contributed by atoms with Gasteiger partial charge in [0.1, 0.15) is 0 Å². The molecule has 0 spiro atoms. The number of carbonyl (C=O) groups excluding carboxylic acids is 1. The van der Waals surface area contributed by atoms with Gasteiger partial charge in [0, 0.05) is 19.3 Å². The summed E-state index contributed by atoms with van der Waals surface area (Å²) in [5.74, 6) is -2.04. The van der Waals surface area contributed by atoms with Gasteiger partial charge in [-0.3, -0.25) is 4.79 Å². The quantitative estimate of drug-likeness (QED) is 0.584. The molecule has 0 bridgehead atoms. The zero-order valence-electron chi connectivity index (χ0n) is 13.9. The van der Waals surface area contributed by atoms with Gasteiger partial charge in [-0.15, -0.1) is 5.10 Å². The van der Waals surface area contributed by atoms with E-state index < -0.39 is 12.1 Å². The number of fused-ring (bicyclic) bond motifs is 1. The number of alkyl halides is 3. The molecule has 1 aromatic heterocycles. The lowest BCUT2D eigenvalue weighted by molar-refractivity contribution is 0.111. The largest absolute Gasteiger partial charge is 0.294 e. The SMILES string of the molecule is C=C/C=C(\C=C)C1CC(F)c2nc(C=O)nn21.CC.FC1(F)CC1. The second-order valence-corrected chi connectivity index (χ2v) is 5.07. The molecule has 1 aromatic rings. The second kappa shape index (κ2) is 8.61. The number of aldehydes is 1. The van der Waals surface area contributed by atoms with E-state index in [1.165, 1.54) is 4.68 Å². The molecular formula is C17H22F3N3O. The van der Waals surface area contributed by atoms with Crippen LogP contribution in [0, 0.1) is 0 Å². The van der Waals surface area contributed by atoms with Gasteiger partial charge in [0.15, 0.2) is 18.3 Å². The van der Waals surface area contributed by atoms with E-state index in [1.807, 2.05) is 13.8 Å². The average molecular weight is 341 g/mol. The van der Waals surface area contributed by atoms with Gasteiger partial charge < -0.3 is 0 Å². The van der Waals surface area contributed by atoms with E-state index in [0.717, 1.165) is 5.57 Å². The van der Waals surface area contributed by atoms with Crippen LogP contribution in [0.3, 0.4) is 0 Å². The lowest BCUT2D eigenvalue weighted by atomic mass is 10.0. The minimum atomic E-state index is -2.25. The number of aromatic nitrogens is 3. The molecule has 0 aromatic carbocycles. The summed E-state index contributed by atoms with van der Waals surface area (Å²) in [6.45, 7) is 11.3. The summed E-state index contributed by atoms with van der Waals surface area (Å²) >= 11 is 0. The van der Waals surface area contributed by atoms with Crippen molar-refractivity contribution < 1.29 is 18.0 Å². The Labute approximate surface area is 139 Å². The summed E-state index contributed by atoms with van der Waals surface area (Å²) < 4.78 is 37.4. The fraction of sp³-hybridized carbons (Fsp3) is 0.471. The first kappa shape index (κ1) is 19.9. The number of rotatable bonds is 4. The molecule has 2 atom stereocenters. The van der Waals surface area contributed by atoms with E-state index in [0.29, 0.717) is 6.29 Å². The maximum absolute atomic E-state index is 13.7.